The highest BCUT2D eigenvalue weighted by Crippen LogP contribution is 2.42. The van der Waals surface area contributed by atoms with Crippen LogP contribution in [0, 0.1) is 12.3 Å². The number of imidazole rings is 3. The Balaban J connectivity index is 0.725. The minimum Gasteiger partial charge on any atom is -0.384 e. The molecule has 9 aromatic heterocycles. The Hall–Kier alpha value is -8.26. The molecular weight excluding hydrogens is 1050 g/mol. The second kappa shape index (κ2) is 19.4. The Bertz CT molecular complexity index is 4550. The molecule has 16 rings (SSSR count). The van der Waals surface area contributed by atoms with Gasteiger partial charge in [0.2, 0.25) is 0 Å². The molecular formula is C66H70N16O2. The first-order valence-electron chi connectivity index (χ1n) is 29.9. The minimum absolute atomic E-state index is 0.0598. The predicted octanol–water partition coefficient (Wildman–Crippen LogP) is 11.6. The highest BCUT2D eigenvalue weighted by molar-refractivity contribution is 5.98. The molecule has 3 aromatic carbocycles. The van der Waals surface area contributed by atoms with Crippen molar-refractivity contribution in [2.75, 3.05) is 39.1 Å². The number of aryl methyl sites for hydroxylation is 1. The van der Waals surface area contributed by atoms with E-state index in [1.807, 2.05) is 19.2 Å². The minimum atomic E-state index is -0.432. The number of nitrogen functional groups attached to an aromatic ring is 1. The van der Waals surface area contributed by atoms with E-state index in [0.29, 0.717) is 59.6 Å². The predicted molar refractivity (Wildman–Crippen MR) is 330 cm³/mol. The molecule has 84 heavy (non-hydrogen) atoms. The zero-order valence-corrected chi connectivity index (χ0v) is 48.5. The number of nitrogens with one attached hydrogen (secondary N) is 6. The molecule has 0 radical (unpaired) electrons. The molecule has 3 saturated heterocycles. The lowest BCUT2D eigenvalue weighted by Gasteiger charge is -2.47. The van der Waals surface area contributed by atoms with Crippen molar-refractivity contribution in [3.63, 3.8) is 0 Å². The van der Waals surface area contributed by atoms with Crippen molar-refractivity contribution in [1.29, 1.82) is 0 Å². The van der Waals surface area contributed by atoms with Gasteiger partial charge < -0.3 is 45.1 Å². The van der Waals surface area contributed by atoms with E-state index in [9.17, 15) is 0 Å². The molecule has 0 bridgehead atoms. The lowest BCUT2D eigenvalue weighted by molar-refractivity contribution is -0.312. The number of anilines is 1. The van der Waals surface area contributed by atoms with E-state index < -0.39 is 5.79 Å². The second-order valence-corrected chi connectivity index (χ2v) is 25.7. The second-order valence-electron chi connectivity index (χ2n) is 25.7. The zero-order valence-electron chi connectivity index (χ0n) is 48.5. The summed E-state index contributed by atoms with van der Waals surface area (Å²) in [4.78, 5) is 59.8. The number of aromatic amines is 6. The molecule has 1 saturated carbocycles. The van der Waals surface area contributed by atoms with E-state index in [0.717, 1.165) is 172 Å². The Kier molecular flexibility index (Phi) is 11.9. The van der Waals surface area contributed by atoms with Gasteiger partial charge in [0, 0.05) is 155 Å². The van der Waals surface area contributed by atoms with E-state index in [-0.39, 0.29) is 5.41 Å². The standard InChI is InChI=1S/C66H70N16O2/c1-35-28-81(35)30-38-11-13-49-42(18-38)21-52(72-49)47-23-44(71-63-59(47)76-56(78-63)22-43-27-68-62-61(69-37(3)70-62)58(43)54-20-40-12-10-39(19-51(40)74-54)31-82-29-36(82)2)24-57-77-60-48(26-55(67)75-64(60)79-57)53-25-46-41(8-7-9-50(46)73-53)32-80(6)45-14-16-66(17-15-45)83-33-65(4,5)34-84-66/h7-13,18-21,23,25-27,35-36,45,72-74H,14-17,22,24,28-34H2,1-6H3,(H,68,69,70)(H,71,76,78)(H3,67,75,77,79). The number of H-pyrrole nitrogens is 6. The van der Waals surface area contributed by atoms with Gasteiger partial charge in [0.25, 0.3) is 0 Å². The zero-order chi connectivity index (χ0) is 56.8. The van der Waals surface area contributed by atoms with Crippen LogP contribution in [-0.2, 0) is 41.9 Å². The molecule has 1 spiro atoms. The fraction of sp³-hybridized carbons (Fsp3) is 0.364. The van der Waals surface area contributed by atoms with Crippen LogP contribution in [0.1, 0.15) is 98.8 Å². The number of hydrogen-bond acceptors (Lipinski definition) is 12. The first-order valence-corrected chi connectivity index (χ1v) is 29.9. The SMILES string of the molecule is Cc1nc2ncc(Cc3nc4nc(Cc5nc6nc(N)cc(-c7cc8c(CN(C)C9CCC%10(CC9)OCC(C)(C)CO%10)cccc8[nH]7)c6[nH]5)cc(-c5cc6cc(CN7CC7C)ccc6[nH]5)c4[nH]3)c(-c3cc4ccc(CN5CC5C)cc4[nH]3)c2[nH]1. The molecule has 426 valence electrons. The third-order valence-corrected chi connectivity index (χ3v) is 18.5. The number of fused-ring (bicyclic) bond motifs is 6. The van der Waals surface area contributed by atoms with Gasteiger partial charge in [-0.05, 0) is 118 Å². The van der Waals surface area contributed by atoms with Crippen LogP contribution >= 0.6 is 0 Å². The van der Waals surface area contributed by atoms with Crippen molar-refractivity contribution < 1.29 is 9.47 Å². The van der Waals surface area contributed by atoms with Crippen LogP contribution in [0.4, 0.5) is 5.82 Å². The molecule has 12 heterocycles. The number of benzene rings is 3. The Morgan fingerprint density at radius 3 is 2.06 bits per heavy atom. The molecule has 18 nitrogen and oxygen atoms in total. The maximum absolute atomic E-state index is 6.61. The van der Waals surface area contributed by atoms with Crippen molar-refractivity contribution in [2.24, 2.45) is 5.41 Å². The van der Waals surface area contributed by atoms with Gasteiger partial charge in [0.1, 0.15) is 23.3 Å². The Morgan fingerprint density at radius 2 is 1.30 bits per heavy atom. The molecule has 4 unspecified atom stereocenters. The van der Waals surface area contributed by atoms with Gasteiger partial charge in [-0.3, -0.25) is 14.7 Å². The Morgan fingerprint density at radius 1 is 0.631 bits per heavy atom. The van der Waals surface area contributed by atoms with Crippen LogP contribution in [0.2, 0.25) is 0 Å². The number of aromatic nitrogens is 12. The van der Waals surface area contributed by atoms with E-state index >= 15 is 0 Å². The van der Waals surface area contributed by atoms with Crippen LogP contribution in [0.3, 0.4) is 0 Å². The molecule has 18 heteroatoms. The summed E-state index contributed by atoms with van der Waals surface area (Å²) in [6.07, 6.45) is 6.70. The van der Waals surface area contributed by atoms with Crippen molar-refractivity contribution in [3.05, 3.63) is 137 Å². The van der Waals surface area contributed by atoms with Crippen molar-refractivity contribution in [2.45, 2.75) is 117 Å². The van der Waals surface area contributed by atoms with Crippen LogP contribution in [-0.4, -0.2) is 132 Å². The summed E-state index contributed by atoms with van der Waals surface area (Å²) >= 11 is 0. The van der Waals surface area contributed by atoms with Crippen molar-refractivity contribution >= 4 is 72.0 Å². The summed E-state index contributed by atoms with van der Waals surface area (Å²) in [6, 6.07) is 32.6. The average molecular weight is 1120 g/mol. The number of nitrogens with two attached hydrogens (primary N) is 1. The molecule has 3 aliphatic heterocycles. The van der Waals surface area contributed by atoms with Gasteiger partial charge in [-0.2, -0.15) is 0 Å². The Labute approximate surface area is 485 Å². The van der Waals surface area contributed by atoms with E-state index in [1.165, 1.54) is 22.1 Å². The highest BCUT2D eigenvalue weighted by Gasteiger charge is 2.44. The average Bonchev–Trinajstić information content (AvgIpc) is 3.97. The topological polar surface area (TPSA) is 226 Å². The molecule has 1 aliphatic carbocycles. The van der Waals surface area contributed by atoms with E-state index in [4.69, 9.17) is 45.1 Å². The summed E-state index contributed by atoms with van der Waals surface area (Å²) < 4.78 is 12.8. The molecule has 12 aromatic rings. The van der Waals surface area contributed by atoms with Crippen molar-refractivity contribution in [3.8, 4) is 33.8 Å². The van der Waals surface area contributed by atoms with Gasteiger partial charge in [-0.15, -0.1) is 0 Å². The third-order valence-electron chi connectivity index (χ3n) is 18.5. The van der Waals surface area contributed by atoms with Crippen LogP contribution in [0.25, 0.3) is 100.0 Å². The quantitative estimate of drug-likeness (QED) is 0.0505. The normalized spacial score (nSPS) is 20.6. The fourth-order valence-corrected chi connectivity index (χ4v) is 13.5. The summed E-state index contributed by atoms with van der Waals surface area (Å²) in [5.74, 6) is 2.25. The van der Waals surface area contributed by atoms with Gasteiger partial charge >= 0.3 is 0 Å². The first kappa shape index (κ1) is 51.4. The summed E-state index contributed by atoms with van der Waals surface area (Å²) in [5.41, 5.74) is 25.7. The van der Waals surface area contributed by atoms with Crippen molar-refractivity contribution in [1.82, 2.24) is 74.5 Å². The number of ether oxygens (including phenoxy) is 2. The molecule has 4 fully saturated rings. The first-order chi connectivity index (χ1) is 40.7. The molecule has 4 aliphatic rings. The number of hydrogen-bond donors (Lipinski definition) is 7. The molecule has 4 atom stereocenters. The van der Waals surface area contributed by atoms with Crippen LogP contribution < -0.4 is 5.73 Å². The van der Waals surface area contributed by atoms with Gasteiger partial charge in [-0.1, -0.05) is 44.2 Å². The van der Waals surface area contributed by atoms with Gasteiger partial charge in [0.15, 0.2) is 22.7 Å². The fourth-order valence-electron chi connectivity index (χ4n) is 13.5. The van der Waals surface area contributed by atoms with E-state index in [1.54, 1.807) is 0 Å². The smallest absolute Gasteiger partial charge is 0.180 e. The number of rotatable bonds is 14. The lowest BCUT2D eigenvalue weighted by atomic mass is 9.86. The molecule has 8 N–H and O–H groups in total. The third kappa shape index (κ3) is 9.49. The summed E-state index contributed by atoms with van der Waals surface area (Å²) in [6.45, 7) is 17.4. The number of nitrogens with zero attached hydrogens (tertiary/aromatic N) is 9. The summed E-state index contributed by atoms with van der Waals surface area (Å²) in [5, 5.41) is 3.49. The van der Waals surface area contributed by atoms with Gasteiger partial charge in [0.05, 0.1) is 35.5 Å². The monoisotopic (exact) mass is 1120 g/mol. The van der Waals surface area contributed by atoms with Crippen LogP contribution in [0.5, 0.6) is 0 Å². The summed E-state index contributed by atoms with van der Waals surface area (Å²) in [7, 11) is 2.25. The van der Waals surface area contributed by atoms with Crippen LogP contribution in [0.15, 0.2) is 91.1 Å². The van der Waals surface area contributed by atoms with E-state index in [2.05, 4.69) is 158 Å². The maximum atomic E-state index is 6.61. The maximum Gasteiger partial charge on any atom is 0.180 e. The highest BCUT2D eigenvalue weighted by atomic mass is 16.7. The largest absolute Gasteiger partial charge is 0.384 e. The van der Waals surface area contributed by atoms with Gasteiger partial charge in [-0.25, -0.2) is 29.9 Å². The number of pyridine rings is 3. The molecule has 0 amide bonds. The lowest BCUT2D eigenvalue weighted by Crippen LogP contribution is -2.51.